The number of nitrogens with zero attached hydrogens (tertiary/aromatic N) is 3. The molecule has 4 heterocycles. The number of aryl methyl sites for hydroxylation is 3. The van der Waals surface area contributed by atoms with Crippen molar-refractivity contribution < 1.29 is 99.1 Å². The van der Waals surface area contributed by atoms with Gasteiger partial charge in [0.15, 0.2) is 0 Å². The zero-order chi connectivity index (χ0) is 81.2. The highest BCUT2D eigenvalue weighted by Crippen LogP contribution is 2.67. The van der Waals surface area contributed by atoms with Crippen LogP contribution in [0.4, 0.5) is 14.5 Å². The van der Waals surface area contributed by atoms with Crippen LogP contribution in [-0.4, -0.2) is 170 Å². The van der Waals surface area contributed by atoms with E-state index in [2.05, 4.69) is 26.3 Å². The van der Waals surface area contributed by atoms with Gasteiger partial charge in [-0.1, -0.05) is 112 Å². The molecule has 0 saturated carbocycles. The van der Waals surface area contributed by atoms with E-state index in [9.17, 15) is 52.8 Å². The van der Waals surface area contributed by atoms with Gasteiger partial charge in [-0.25, -0.2) is 4.98 Å². The molecule has 7 amide bonds. The number of hydrogen-bond acceptors (Lipinski definition) is 21. The second kappa shape index (κ2) is 39.2. The minimum Gasteiger partial charge on any atom is -0.438 e. The summed E-state index contributed by atoms with van der Waals surface area (Å²) < 4.78 is 89.7. The highest BCUT2D eigenvalue weighted by Gasteiger charge is 2.56. The van der Waals surface area contributed by atoms with E-state index in [-0.39, 0.29) is 82.8 Å². The molecule has 5 aromatic rings. The molecule has 0 radical (unpaired) electrons. The number of halogens is 2. The molecule has 1 unspecified atom stereocenters. The lowest BCUT2D eigenvalue weighted by Gasteiger charge is -2.35. The Morgan fingerprint density at radius 3 is 1.97 bits per heavy atom. The highest BCUT2D eigenvalue weighted by molar-refractivity contribution is 7.54. The van der Waals surface area contributed by atoms with E-state index < -0.39 is 144 Å². The van der Waals surface area contributed by atoms with E-state index in [1.165, 1.54) is 76.5 Å². The monoisotopic (exact) mass is 1580 g/mol. The van der Waals surface area contributed by atoms with E-state index in [0.29, 0.717) is 31.9 Å². The first-order valence-corrected chi connectivity index (χ1v) is 39.5. The molecule has 27 nitrogen and oxygen atoms in total. The van der Waals surface area contributed by atoms with Gasteiger partial charge in [-0.2, -0.15) is 8.78 Å². The first-order valence-electron chi connectivity index (χ1n) is 37.1. The van der Waals surface area contributed by atoms with Crippen LogP contribution in [0.5, 0.6) is 0 Å². The summed E-state index contributed by atoms with van der Waals surface area (Å²) in [7, 11) is -5.62. The van der Waals surface area contributed by atoms with Crippen LogP contribution in [0, 0.1) is 23.2 Å². The molecule has 8 rings (SSSR count). The average Bonchev–Trinajstić information content (AvgIpc) is 1.65. The van der Waals surface area contributed by atoms with Gasteiger partial charge >= 0.3 is 25.2 Å². The summed E-state index contributed by atoms with van der Waals surface area (Å²) in [5.74, 6) is -5.42. The Morgan fingerprint density at radius 2 is 1.37 bits per heavy atom. The molecular weight excluding hydrogens is 1480 g/mol. The summed E-state index contributed by atoms with van der Waals surface area (Å²) in [5.41, 5.74) is 6.74. The van der Waals surface area contributed by atoms with Crippen molar-refractivity contribution >= 4 is 83.5 Å². The molecular formula is C80H105F2N8O19PS. The predicted octanol–water partition coefficient (Wildman–Crippen LogP) is 9.43. The number of rotatable bonds is 38. The fourth-order valence-corrected chi connectivity index (χ4v) is 14.7. The lowest BCUT2D eigenvalue weighted by Crippen LogP contribution is -2.58. The standard InChI is InChI=1S/C80H105F2N8O19PS/c1-49(55-26-29-59(30-27-55)80(81,82)110(101,108-47-106-75(99)78(7,8)9)109-48-107-76(100)79(10,11)12)39-66(93)86-62-31-28-56-16-13-17-58-40-64(90(68(56)58)73(62)97)72(96)87-61(32-33-65(83)92)51(3)105-44-54-20-18-52(19-21-54)15-14-34-102-35-36-103-37-38-104-45-67(94)88-70(77(4,5)6)74(98)89-43-60(91)41-63(89)71(95)84-42-53-22-24-57(25-23-53)69-50(2)85-46-111-69/h13,16-27,29-30,39,46,51,60-64,70,91H,14-15,28,31-38,40-45,47-48H2,1-12H3,(H2,83,92)(H,84,95)(H,86,93)(H,87,96)(H,88,94)/b49-39+/t51-,60-,61?,62+,63+,64+,70-/m1/s1. The van der Waals surface area contributed by atoms with Gasteiger partial charge < -0.3 is 65.4 Å². The lowest BCUT2D eigenvalue weighted by atomic mass is 9.85. The van der Waals surface area contributed by atoms with E-state index >= 15 is 8.78 Å². The predicted molar refractivity (Wildman–Crippen MR) is 410 cm³/mol. The summed E-state index contributed by atoms with van der Waals surface area (Å²) in [6, 6.07) is 20.7. The normalized spacial score (nSPS) is 17.6. The van der Waals surface area contributed by atoms with Crippen molar-refractivity contribution in [2.45, 2.75) is 196 Å². The second-order valence-corrected chi connectivity index (χ2v) is 34.0. The van der Waals surface area contributed by atoms with E-state index in [1.54, 1.807) is 23.8 Å². The van der Waals surface area contributed by atoms with Gasteiger partial charge in [0.25, 0.3) is 0 Å². The number of aromatic nitrogens is 1. The molecule has 604 valence electrons. The van der Waals surface area contributed by atoms with E-state index in [1.807, 2.05) is 94.4 Å². The number of anilines is 1. The minimum absolute atomic E-state index is 0.0527. The molecule has 1 aromatic heterocycles. The number of β-amino-alcohol motifs (C(OH)–C–C–N with tert-alkyl or cyclic N) is 1. The number of alkyl halides is 2. The number of amides is 7. The second-order valence-electron chi connectivity index (χ2n) is 31.0. The number of nitrogens with one attached hydrogen (secondary N) is 4. The van der Waals surface area contributed by atoms with Gasteiger partial charge in [0, 0.05) is 50.6 Å². The quantitative estimate of drug-likeness (QED) is 0.00704. The number of carbonyl (C=O) groups excluding carboxylic acids is 9. The van der Waals surface area contributed by atoms with Crippen LogP contribution in [-0.2, 0) is 123 Å². The van der Waals surface area contributed by atoms with Gasteiger partial charge in [0.1, 0.15) is 30.8 Å². The summed E-state index contributed by atoms with van der Waals surface area (Å²) in [4.78, 5) is 129. The number of likely N-dealkylation sites (tertiary alicyclic amines) is 1. The van der Waals surface area contributed by atoms with Crippen LogP contribution in [0.15, 0.2) is 103 Å². The largest absolute Gasteiger partial charge is 0.438 e. The van der Waals surface area contributed by atoms with Gasteiger partial charge in [0.05, 0.1) is 83.9 Å². The van der Waals surface area contributed by atoms with Crippen molar-refractivity contribution in [2.75, 3.05) is 64.7 Å². The smallest absolute Gasteiger partial charge is 0.410 e. The third-order valence-corrected chi connectivity index (χ3v) is 21.8. The number of primary amides is 1. The third kappa shape index (κ3) is 24.4. The number of esters is 2. The number of thiazole rings is 1. The number of nitrogens with two attached hydrogens (primary N) is 1. The summed E-state index contributed by atoms with van der Waals surface area (Å²) in [6.07, 6.45) is 1.91. The molecule has 1 fully saturated rings. The SMILES string of the molecule is C/C(=C\C(=O)N[C@H]1CCc2cccc3c2N(C1=O)[C@H](C(=O)NC(CCC(N)=O)[C@@H](C)OCc1ccc(CCCOCCOCCOCC(=O)N[C@H](C(=O)N2C[C@H](O)C[C@H]2C(=O)NCc2ccc(-c4scnc4C)cc2)C(C)(C)C)cc1)C3)c1ccc(C(F)(F)P(=O)(OCOC(=O)C(C)(C)C)OCOC(=O)C(C)(C)C)cc1. The van der Waals surface area contributed by atoms with Crippen LogP contribution >= 0.6 is 18.9 Å². The Hall–Kier alpha value is -8.71. The Balaban J connectivity index is 0.750. The molecule has 111 heavy (non-hydrogen) atoms. The molecule has 3 aliphatic rings. The molecule has 0 aliphatic carbocycles. The Kier molecular flexibility index (Phi) is 31.0. The van der Waals surface area contributed by atoms with Gasteiger partial charge in [0.2, 0.25) is 54.9 Å². The molecule has 0 bridgehead atoms. The summed E-state index contributed by atoms with van der Waals surface area (Å²) in [5, 5.41) is 22.2. The first kappa shape index (κ1) is 87.9. The third-order valence-electron chi connectivity index (χ3n) is 19.0. The van der Waals surface area contributed by atoms with Crippen LogP contribution in [0.25, 0.3) is 16.0 Å². The molecule has 31 heteroatoms. The van der Waals surface area contributed by atoms with Crippen molar-refractivity contribution in [2.24, 2.45) is 22.0 Å². The Bertz CT molecular complexity index is 4120. The zero-order valence-corrected chi connectivity index (χ0v) is 66.8. The number of hydrogen-bond donors (Lipinski definition) is 6. The zero-order valence-electron chi connectivity index (χ0n) is 65.1. The van der Waals surface area contributed by atoms with Gasteiger partial charge in [-0.15, -0.1) is 11.3 Å². The maximum absolute atomic E-state index is 16.3. The number of ether oxygens (including phenoxy) is 6. The Morgan fingerprint density at radius 1 is 0.766 bits per heavy atom. The fraction of sp³-hybridized carbons (Fsp3) is 0.525. The first-order chi connectivity index (χ1) is 52.3. The van der Waals surface area contributed by atoms with Gasteiger partial charge in [-0.3, -0.25) is 61.7 Å². The molecule has 7 N–H and O–H groups in total. The van der Waals surface area contributed by atoms with Crippen LogP contribution in [0.3, 0.4) is 0 Å². The van der Waals surface area contributed by atoms with Crippen LogP contribution in [0.2, 0.25) is 0 Å². The summed E-state index contributed by atoms with van der Waals surface area (Å²) in [6.45, 7) is 18.8. The fourth-order valence-electron chi connectivity index (χ4n) is 12.6. The van der Waals surface area contributed by atoms with E-state index in [4.69, 9.17) is 43.2 Å². The number of benzene rings is 4. The van der Waals surface area contributed by atoms with E-state index in [0.717, 1.165) is 68.9 Å². The molecule has 1 saturated heterocycles. The molecule has 3 aliphatic heterocycles. The molecule has 0 spiro atoms. The minimum atomic E-state index is -5.62. The maximum atomic E-state index is 16.3. The number of aliphatic hydroxyl groups excluding tert-OH is 1. The Labute approximate surface area is 650 Å². The van der Waals surface area contributed by atoms with Crippen LogP contribution in [0.1, 0.15) is 153 Å². The maximum Gasteiger partial charge on any atom is 0.410 e. The molecule has 4 aromatic carbocycles. The lowest BCUT2D eigenvalue weighted by molar-refractivity contribution is -0.163. The van der Waals surface area contributed by atoms with Crippen molar-refractivity contribution in [3.63, 3.8) is 0 Å². The topological polar surface area (TPSA) is 358 Å². The average molecular weight is 1580 g/mol. The highest BCUT2D eigenvalue weighted by atomic mass is 32.1. The summed E-state index contributed by atoms with van der Waals surface area (Å²) >= 11 is 1.55. The van der Waals surface area contributed by atoms with Crippen molar-refractivity contribution in [1.82, 2.24) is 31.2 Å². The molecule has 7 atom stereocenters. The number of para-hydroxylation sites is 1. The number of aliphatic hydroxyl groups is 1. The van der Waals surface area contributed by atoms with Crippen LogP contribution < -0.4 is 31.9 Å². The van der Waals surface area contributed by atoms with Crippen molar-refractivity contribution in [3.05, 3.63) is 147 Å². The van der Waals surface area contributed by atoms with Crippen molar-refractivity contribution in [1.29, 1.82) is 0 Å². The van der Waals surface area contributed by atoms with Crippen molar-refractivity contribution in [3.8, 4) is 10.4 Å². The number of carbonyl (C=O) groups is 9. The number of allylic oxidation sites excluding steroid dienone is 1. The van der Waals surface area contributed by atoms with Gasteiger partial charge in [-0.05, 0) is 144 Å².